The Labute approximate surface area is 107 Å². The molecular weight excluding hydrogens is 259 g/mol. The lowest BCUT2D eigenvalue weighted by molar-refractivity contribution is -0.386. The molecular formula is C11H11FN2O5. The van der Waals surface area contributed by atoms with Gasteiger partial charge in [-0.05, 0) is 18.6 Å². The van der Waals surface area contributed by atoms with Gasteiger partial charge in [0.1, 0.15) is 5.69 Å². The molecule has 0 aromatic heterocycles. The van der Waals surface area contributed by atoms with Gasteiger partial charge >= 0.3 is 11.7 Å². The predicted molar refractivity (Wildman–Crippen MR) is 62.9 cm³/mol. The third-order valence-electron chi connectivity index (χ3n) is 2.81. The molecule has 8 heteroatoms. The molecule has 0 saturated carbocycles. The molecule has 1 atom stereocenters. The van der Waals surface area contributed by atoms with Crippen molar-refractivity contribution in [1.82, 2.24) is 0 Å². The molecule has 7 nitrogen and oxygen atoms in total. The predicted octanol–water partition coefficient (Wildman–Crippen LogP) is 1.63. The van der Waals surface area contributed by atoms with Gasteiger partial charge in [-0.3, -0.25) is 10.1 Å². The van der Waals surface area contributed by atoms with E-state index >= 15 is 0 Å². The van der Waals surface area contributed by atoms with Gasteiger partial charge in [0.25, 0.3) is 0 Å². The maximum absolute atomic E-state index is 13.6. The largest absolute Gasteiger partial charge is 0.478 e. The zero-order valence-corrected chi connectivity index (χ0v) is 9.76. The number of nitro groups is 1. The number of rotatable bonds is 5. The van der Waals surface area contributed by atoms with Crippen LogP contribution in [0, 0.1) is 15.9 Å². The lowest BCUT2D eigenvalue weighted by Gasteiger charge is -2.26. The smallest absolute Gasteiger partial charge is 0.335 e. The molecule has 0 bridgehead atoms. The van der Waals surface area contributed by atoms with Crippen molar-refractivity contribution in [3.05, 3.63) is 33.6 Å². The highest BCUT2D eigenvalue weighted by molar-refractivity contribution is 5.90. The first-order valence-corrected chi connectivity index (χ1v) is 5.55. The molecule has 0 unspecified atom stereocenters. The average Bonchev–Trinajstić information content (AvgIpc) is 2.25. The van der Waals surface area contributed by atoms with Crippen LogP contribution in [0.4, 0.5) is 15.8 Å². The number of nitrogens with one attached hydrogen (secondary N) is 1. The number of benzene rings is 1. The van der Waals surface area contributed by atoms with Crippen molar-refractivity contribution in [3.63, 3.8) is 0 Å². The van der Waals surface area contributed by atoms with Gasteiger partial charge in [0.05, 0.1) is 16.6 Å². The summed E-state index contributed by atoms with van der Waals surface area (Å²) in [6, 6.07) is 1.67. The van der Waals surface area contributed by atoms with E-state index in [1.165, 1.54) is 0 Å². The van der Waals surface area contributed by atoms with Crippen LogP contribution in [0.15, 0.2) is 12.1 Å². The number of hydrogen-bond acceptors (Lipinski definition) is 5. The van der Waals surface area contributed by atoms with Gasteiger partial charge in [-0.25, -0.2) is 4.79 Å². The summed E-state index contributed by atoms with van der Waals surface area (Å²) < 4.78 is 18.7. The summed E-state index contributed by atoms with van der Waals surface area (Å²) in [5.74, 6) is -2.53. The molecule has 1 saturated heterocycles. The first-order chi connectivity index (χ1) is 8.99. The molecule has 1 heterocycles. The van der Waals surface area contributed by atoms with E-state index in [1.807, 2.05) is 0 Å². The normalized spacial score (nSPS) is 17.6. The molecule has 19 heavy (non-hydrogen) atoms. The van der Waals surface area contributed by atoms with Gasteiger partial charge in [0.2, 0.25) is 5.82 Å². The SMILES string of the molecule is O=C(O)c1cc(F)c([N+](=O)[O-])c(NC[C@@H]2CCO2)c1. The minimum atomic E-state index is -1.35. The van der Waals surface area contributed by atoms with Gasteiger partial charge in [-0.2, -0.15) is 4.39 Å². The molecule has 0 radical (unpaired) electrons. The maximum atomic E-state index is 13.6. The van der Waals surface area contributed by atoms with Gasteiger partial charge in [0.15, 0.2) is 0 Å². The van der Waals surface area contributed by atoms with Gasteiger partial charge in [-0.1, -0.05) is 0 Å². The average molecular weight is 270 g/mol. The first kappa shape index (κ1) is 13.2. The number of carbonyl (C=O) groups is 1. The van der Waals surface area contributed by atoms with E-state index < -0.39 is 22.4 Å². The number of aromatic carboxylic acids is 1. The Morgan fingerprint density at radius 3 is 2.79 bits per heavy atom. The topological polar surface area (TPSA) is 102 Å². The minimum absolute atomic E-state index is 0.0869. The summed E-state index contributed by atoms with van der Waals surface area (Å²) in [7, 11) is 0. The van der Waals surface area contributed by atoms with Crippen molar-refractivity contribution >= 4 is 17.3 Å². The zero-order valence-electron chi connectivity index (χ0n) is 9.76. The quantitative estimate of drug-likeness (QED) is 0.622. The van der Waals surface area contributed by atoms with Crippen molar-refractivity contribution in [2.45, 2.75) is 12.5 Å². The summed E-state index contributed by atoms with van der Waals surface area (Å²) in [5.41, 5.74) is -1.26. The Balaban J connectivity index is 2.30. The molecule has 1 aromatic rings. The third kappa shape index (κ3) is 2.79. The van der Waals surface area contributed by atoms with Crippen LogP contribution in [0.1, 0.15) is 16.8 Å². The van der Waals surface area contributed by atoms with Crippen LogP contribution in [0.2, 0.25) is 0 Å². The van der Waals surface area contributed by atoms with Crippen LogP contribution in [-0.2, 0) is 4.74 Å². The van der Waals surface area contributed by atoms with Crippen molar-refractivity contribution in [3.8, 4) is 0 Å². The summed E-state index contributed by atoms with van der Waals surface area (Å²) in [6.45, 7) is 0.890. The lowest BCUT2D eigenvalue weighted by Crippen LogP contribution is -2.33. The number of carboxylic acids is 1. The summed E-state index contributed by atoms with van der Waals surface area (Å²) in [4.78, 5) is 20.7. The molecule has 102 valence electrons. The fraction of sp³-hybridized carbons (Fsp3) is 0.364. The minimum Gasteiger partial charge on any atom is -0.478 e. The number of halogens is 1. The molecule has 2 N–H and O–H groups in total. The summed E-state index contributed by atoms with van der Waals surface area (Å²) in [5, 5.41) is 22.3. The highest BCUT2D eigenvalue weighted by Gasteiger charge is 2.25. The number of nitro benzene ring substituents is 1. The highest BCUT2D eigenvalue weighted by atomic mass is 19.1. The molecule has 1 aliphatic rings. The van der Waals surface area contributed by atoms with Crippen molar-refractivity contribution in [2.75, 3.05) is 18.5 Å². The van der Waals surface area contributed by atoms with Crippen LogP contribution in [0.25, 0.3) is 0 Å². The Morgan fingerprint density at radius 1 is 1.63 bits per heavy atom. The van der Waals surface area contributed by atoms with E-state index in [4.69, 9.17) is 9.84 Å². The van der Waals surface area contributed by atoms with Gasteiger partial charge in [0, 0.05) is 13.2 Å². The maximum Gasteiger partial charge on any atom is 0.335 e. The molecule has 1 fully saturated rings. The third-order valence-corrected chi connectivity index (χ3v) is 2.81. The van der Waals surface area contributed by atoms with E-state index in [-0.39, 0.29) is 23.9 Å². The van der Waals surface area contributed by atoms with Crippen molar-refractivity contribution < 1.29 is 24.0 Å². The fourth-order valence-electron chi connectivity index (χ4n) is 1.71. The van der Waals surface area contributed by atoms with E-state index in [2.05, 4.69) is 5.32 Å². The Morgan fingerprint density at radius 2 is 2.32 bits per heavy atom. The molecule has 0 amide bonds. The Hall–Kier alpha value is -2.22. The van der Waals surface area contributed by atoms with Crippen LogP contribution in [-0.4, -0.2) is 35.3 Å². The standard InChI is InChI=1S/C11H11FN2O5/c12-8-3-6(11(15)16)4-9(10(8)14(17)18)13-5-7-1-2-19-7/h3-4,7,13H,1-2,5H2,(H,15,16)/t7-/m0/s1. The number of ether oxygens (including phenoxy) is 1. The molecule has 1 aliphatic heterocycles. The highest BCUT2D eigenvalue weighted by Crippen LogP contribution is 2.29. The molecule has 0 aliphatic carbocycles. The first-order valence-electron chi connectivity index (χ1n) is 5.55. The van der Waals surface area contributed by atoms with Crippen LogP contribution in [0.5, 0.6) is 0 Å². The van der Waals surface area contributed by atoms with Crippen molar-refractivity contribution in [2.24, 2.45) is 0 Å². The Bertz CT molecular complexity index is 530. The summed E-state index contributed by atoms with van der Waals surface area (Å²) >= 11 is 0. The van der Waals surface area contributed by atoms with Crippen LogP contribution < -0.4 is 5.32 Å². The van der Waals surface area contributed by atoms with E-state index in [1.54, 1.807) is 0 Å². The monoisotopic (exact) mass is 270 g/mol. The van der Waals surface area contributed by atoms with E-state index in [0.717, 1.165) is 12.5 Å². The second-order valence-electron chi connectivity index (χ2n) is 4.08. The van der Waals surface area contributed by atoms with Crippen LogP contribution in [0.3, 0.4) is 0 Å². The Kier molecular flexibility index (Phi) is 3.61. The second-order valence-corrected chi connectivity index (χ2v) is 4.08. The second kappa shape index (κ2) is 5.19. The number of carboxylic acid groups (broad SMARTS) is 1. The summed E-state index contributed by atoms with van der Waals surface area (Å²) in [6.07, 6.45) is 0.721. The van der Waals surface area contributed by atoms with Crippen LogP contribution >= 0.6 is 0 Å². The number of nitrogens with zero attached hydrogens (tertiary/aromatic N) is 1. The zero-order chi connectivity index (χ0) is 14.0. The van der Waals surface area contributed by atoms with Crippen molar-refractivity contribution in [1.29, 1.82) is 0 Å². The van der Waals surface area contributed by atoms with Gasteiger partial charge in [-0.15, -0.1) is 0 Å². The number of hydrogen-bond donors (Lipinski definition) is 2. The van der Waals surface area contributed by atoms with E-state index in [0.29, 0.717) is 12.7 Å². The molecule has 1 aromatic carbocycles. The van der Waals surface area contributed by atoms with Gasteiger partial charge < -0.3 is 15.2 Å². The molecule has 0 spiro atoms. The molecule has 2 rings (SSSR count). The fourth-order valence-corrected chi connectivity index (χ4v) is 1.71. The van der Waals surface area contributed by atoms with E-state index in [9.17, 15) is 19.3 Å². The number of anilines is 1. The lowest BCUT2D eigenvalue weighted by atomic mass is 10.1.